The Hall–Kier alpha value is -1.70. The van der Waals surface area contributed by atoms with Gasteiger partial charge in [0.25, 0.3) is 0 Å². The third-order valence-corrected chi connectivity index (χ3v) is 6.11. The Kier molecular flexibility index (Phi) is 3.16. The van der Waals surface area contributed by atoms with Gasteiger partial charge in [0.05, 0.1) is 6.10 Å². The summed E-state index contributed by atoms with van der Waals surface area (Å²) in [6, 6.07) is 0. The maximum absolute atomic E-state index is 12.7. The molecule has 25 heavy (non-hydrogen) atoms. The van der Waals surface area contributed by atoms with E-state index < -0.39 is 34.8 Å². The van der Waals surface area contributed by atoms with Gasteiger partial charge in [0, 0.05) is 5.92 Å². The number of carbonyl (C=O) groups is 2. The predicted octanol–water partition coefficient (Wildman–Crippen LogP) is 0.738. The van der Waals surface area contributed by atoms with Gasteiger partial charge in [-0.05, 0) is 38.3 Å². The number of aliphatic hydroxyl groups is 2. The molecule has 4 aliphatic rings. The third-order valence-electron chi connectivity index (χ3n) is 6.11. The average molecular weight is 350 g/mol. The van der Waals surface area contributed by atoms with Crippen LogP contribution in [0.25, 0.3) is 0 Å². The lowest BCUT2D eigenvalue weighted by atomic mass is 9.57. The molecule has 1 unspecified atom stereocenters. The lowest BCUT2D eigenvalue weighted by Crippen LogP contribution is -2.78. The van der Waals surface area contributed by atoms with Crippen LogP contribution in [0, 0.1) is 5.92 Å². The van der Waals surface area contributed by atoms with Gasteiger partial charge in [-0.1, -0.05) is 13.8 Å². The Balaban J connectivity index is 2.07. The monoisotopic (exact) mass is 350 g/mol. The van der Waals surface area contributed by atoms with E-state index in [-0.39, 0.29) is 29.8 Å². The zero-order valence-corrected chi connectivity index (χ0v) is 14.7. The molecule has 2 N–H and O–H groups in total. The molecule has 0 aromatic rings. The summed E-state index contributed by atoms with van der Waals surface area (Å²) in [4.78, 5) is 25.4. The van der Waals surface area contributed by atoms with Gasteiger partial charge in [-0.3, -0.25) is 4.79 Å². The van der Waals surface area contributed by atoms with E-state index in [1.165, 1.54) is 13.0 Å². The molecule has 3 aliphatic heterocycles. The number of rotatable bonds is 2. The first-order valence-corrected chi connectivity index (χ1v) is 8.61. The van der Waals surface area contributed by atoms with E-state index in [2.05, 4.69) is 0 Å². The van der Waals surface area contributed by atoms with Crippen LogP contribution in [-0.4, -0.2) is 51.2 Å². The van der Waals surface area contributed by atoms with Crippen molar-refractivity contribution in [2.45, 2.75) is 69.7 Å². The highest BCUT2D eigenvalue weighted by molar-refractivity contribution is 6.10. The van der Waals surface area contributed by atoms with E-state index in [0.717, 1.165) is 0 Å². The highest BCUT2D eigenvalue weighted by Gasteiger charge is 2.81. The summed E-state index contributed by atoms with van der Waals surface area (Å²) in [5, 5.41) is 23.2. The lowest BCUT2D eigenvalue weighted by molar-refractivity contribution is -0.316. The second-order valence-electron chi connectivity index (χ2n) is 7.58. The molecule has 0 saturated carbocycles. The van der Waals surface area contributed by atoms with Crippen LogP contribution in [0.1, 0.15) is 40.5 Å². The smallest absolute Gasteiger partial charge is 0.341 e. The number of carbonyl (C=O) groups excluding carboxylic acids is 2. The first kappa shape index (κ1) is 16.8. The van der Waals surface area contributed by atoms with E-state index in [4.69, 9.17) is 14.2 Å². The molecule has 3 heterocycles. The maximum atomic E-state index is 12.7. The lowest BCUT2D eigenvalue weighted by Gasteiger charge is -2.57. The highest BCUT2D eigenvalue weighted by Crippen LogP contribution is 2.61. The number of hydrogen-bond acceptors (Lipinski definition) is 7. The van der Waals surface area contributed by atoms with Crippen LogP contribution in [0.2, 0.25) is 0 Å². The van der Waals surface area contributed by atoms with Crippen LogP contribution in [0.4, 0.5) is 0 Å². The topological polar surface area (TPSA) is 102 Å². The SMILES string of the molecule is CC[C@H](C)C1=C2C(=O)O[C@@]3(C)C(=O)C=C4CC(C)O[C@@H](O1)[C@@]4(O)[C@@]23O. The van der Waals surface area contributed by atoms with E-state index in [1.807, 2.05) is 13.8 Å². The van der Waals surface area contributed by atoms with Crippen LogP contribution < -0.4 is 0 Å². The molecule has 7 nitrogen and oxygen atoms in total. The summed E-state index contributed by atoms with van der Waals surface area (Å²) < 4.78 is 17.0. The molecule has 7 heteroatoms. The highest BCUT2D eigenvalue weighted by atomic mass is 16.7. The molecular formula is C18H22O7. The molecule has 4 rings (SSSR count). The van der Waals surface area contributed by atoms with Gasteiger partial charge in [0.15, 0.2) is 11.2 Å². The Morgan fingerprint density at radius 2 is 2.04 bits per heavy atom. The second-order valence-corrected chi connectivity index (χ2v) is 7.58. The van der Waals surface area contributed by atoms with Gasteiger partial charge >= 0.3 is 5.97 Å². The van der Waals surface area contributed by atoms with Crippen LogP contribution in [-0.2, 0) is 23.8 Å². The largest absolute Gasteiger partial charge is 0.465 e. The fraction of sp³-hybridized carbons (Fsp3) is 0.667. The van der Waals surface area contributed by atoms with Gasteiger partial charge in [-0.25, -0.2) is 4.79 Å². The fourth-order valence-corrected chi connectivity index (χ4v) is 4.44. The van der Waals surface area contributed by atoms with Gasteiger partial charge in [0.2, 0.25) is 17.7 Å². The summed E-state index contributed by atoms with van der Waals surface area (Å²) in [7, 11) is 0. The van der Waals surface area contributed by atoms with Crippen LogP contribution >= 0.6 is 0 Å². The minimum atomic E-state index is -2.25. The van der Waals surface area contributed by atoms with Crippen molar-refractivity contribution in [2.24, 2.45) is 5.92 Å². The Labute approximate surface area is 145 Å². The van der Waals surface area contributed by atoms with Crippen LogP contribution in [0.15, 0.2) is 23.0 Å². The molecule has 136 valence electrons. The van der Waals surface area contributed by atoms with Crippen molar-refractivity contribution in [3.63, 3.8) is 0 Å². The minimum absolute atomic E-state index is 0.166. The van der Waals surface area contributed by atoms with Crippen LogP contribution in [0.5, 0.6) is 0 Å². The molecule has 1 aliphatic carbocycles. The summed E-state index contributed by atoms with van der Waals surface area (Å²) in [6.45, 7) is 6.88. The first-order chi connectivity index (χ1) is 11.6. The van der Waals surface area contributed by atoms with Gasteiger partial charge in [-0.15, -0.1) is 0 Å². The Morgan fingerprint density at radius 1 is 1.36 bits per heavy atom. The predicted molar refractivity (Wildman–Crippen MR) is 84.0 cm³/mol. The average Bonchev–Trinajstić information content (AvgIpc) is 2.76. The summed E-state index contributed by atoms with van der Waals surface area (Å²) >= 11 is 0. The number of ketones is 1. The molecule has 0 aromatic heterocycles. The van der Waals surface area contributed by atoms with E-state index in [1.54, 1.807) is 6.92 Å². The number of ether oxygens (including phenoxy) is 3. The quantitative estimate of drug-likeness (QED) is 0.708. The van der Waals surface area contributed by atoms with E-state index in [0.29, 0.717) is 12.0 Å². The number of esters is 1. The van der Waals surface area contributed by atoms with Crippen LogP contribution in [0.3, 0.4) is 0 Å². The molecule has 0 bridgehead atoms. The first-order valence-electron chi connectivity index (χ1n) is 8.61. The zero-order valence-electron chi connectivity index (χ0n) is 14.7. The molecule has 0 amide bonds. The number of hydrogen-bond donors (Lipinski definition) is 2. The van der Waals surface area contributed by atoms with Crippen molar-refractivity contribution in [1.82, 2.24) is 0 Å². The standard InChI is InChI=1S/C18H22O7/c1-5-8(2)13-12-14(20)25-16(4)11(19)7-10-6-9(3)23-15(24-13)17(10,21)18(12,16)22/h7-9,15,21-22H,5-6H2,1-4H3/t8-,9?,15-,16-,17+,18+/m0/s1. The molecule has 0 aromatic carbocycles. The molecular weight excluding hydrogens is 328 g/mol. The maximum Gasteiger partial charge on any atom is 0.341 e. The zero-order chi connectivity index (χ0) is 18.4. The third kappa shape index (κ3) is 1.62. The van der Waals surface area contributed by atoms with E-state index >= 15 is 0 Å². The van der Waals surface area contributed by atoms with Crippen molar-refractivity contribution in [3.05, 3.63) is 23.0 Å². The fourth-order valence-electron chi connectivity index (χ4n) is 4.44. The Bertz CT molecular complexity index is 753. The summed E-state index contributed by atoms with van der Waals surface area (Å²) in [5.74, 6) is -1.38. The minimum Gasteiger partial charge on any atom is -0.465 e. The van der Waals surface area contributed by atoms with Gasteiger partial charge in [-0.2, -0.15) is 0 Å². The molecule has 0 spiro atoms. The Morgan fingerprint density at radius 3 is 2.68 bits per heavy atom. The van der Waals surface area contributed by atoms with Gasteiger partial charge in [0.1, 0.15) is 11.3 Å². The second kappa shape index (κ2) is 4.72. The molecule has 0 radical (unpaired) electrons. The van der Waals surface area contributed by atoms with E-state index in [9.17, 15) is 19.8 Å². The number of allylic oxidation sites excluding steroid dienone is 1. The van der Waals surface area contributed by atoms with Crippen molar-refractivity contribution < 1.29 is 34.0 Å². The summed E-state index contributed by atoms with van der Waals surface area (Å²) in [5.41, 5.74) is -6.08. The van der Waals surface area contributed by atoms with Crippen molar-refractivity contribution >= 4 is 11.8 Å². The normalized spacial score (nSPS) is 46.2. The molecule has 2 saturated heterocycles. The van der Waals surface area contributed by atoms with Gasteiger partial charge < -0.3 is 24.4 Å². The molecule has 2 fully saturated rings. The molecule has 6 atom stereocenters. The van der Waals surface area contributed by atoms with Crippen molar-refractivity contribution in [1.29, 1.82) is 0 Å². The summed E-state index contributed by atoms with van der Waals surface area (Å²) in [6.07, 6.45) is 0.614. The van der Waals surface area contributed by atoms with Crippen molar-refractivity contribution in [2.75, 3.05) is 0 Å². The van der Waals surface area contributed by atoms with Crippen molar-refractivity contribution in [3.8, 4) is 0 Å².